The first-order valence-electron chi connectivity index (χ1n) is 11.1. The Morgan fingerprint density at radius 1 is 1.10 bits per heavy atom. The molecule has 2 N–H and O–H groups in total. The van der Waals surface area contributed by atoms with Gasteiger partial charge in [-0.05, 0) is 74.7 Å². The van der Waals surface area contributed by atoms with Gasteiger partial charge in [-0.3, -0.25) is 14.5 Å². The maximum atomic E-state index is 14.1. The van der Waals surface area contributed by atoms with Gasteiger partial charge in [0, 0.05) is 4.88 Å². The molecule has 1 fully saturated rings. The van der Waals surface area contributed by atoms with Crippen molar-refractivity contribution in [3.63, 3.8) is 0 Å². The molecule has 0 bridgehead atoms. The normalized spacial score (nSPS) is 19.6. The molecule has 0 spiro atoms. The first kappa shape index (κ1) is 22.0. The van der Waals surface area contributed by atoms with Crippen LogP contribution in [0, 0.1) is 17.7 Å². The number of hydrogen-bond acceptors (Lipinski definition) is 4. The summed E-state index contributed by atoms with van der Waals surface area (Å²) in [6.07, 6.45) is 4.92. The molecule has 1 aliphatic carbocycles. The van der Waals surface area contributed by atoms with E-state index in [1.165, 1.54) is 17.4 Å². The minimum Gasteiger partial charge on any atom is -0.319 e. The molecule has 2 heterocycles. The molecule has 1 unspecified atom stereocenters. The molecule has 1 saturated heterocycles. The van der Waals surface area contributed by atoms with Crippen molar-refractivity contribution < 1.29 is 14.0 Å². The number of anilines is 2. The van der Waals surface area contributed by atoms with Crippen LogP contribution < -0.4 is 10.6 Å². The molecule has 2 amide bonds. The number of rotatable bonds is 5. The summed E-state index contributed by atoms with van der Waals surface area (Å²) in [7, 11) is 0. The van der Waals surface area contributed by atoms with Crippen LogP contribution in [0.15, 0.2) is 24.3 Å². The zero-order valence-corrected chi connectivity index (χ0v) is 19.0. The lowest BCUT2D eigenvalue weighted by atomic mass is 9.88. The summed E-state index contributed by atoms with van der Waals surface area (Å²) in [6.45, 7) is 6.63. The maximum absolute atomic E-state index is 14.1. The molecule has 1 atom stereocenters. The number of thiophene rings is 1. The van der Waals surface area contributed by atoms with E-state index < -0.39 is 5.82 Å². The zero-order valence-electron chi connectivity index (χ0n) is 18.2. The molecule has 1 aromatic carbocycles. The summed E-state index contributed by atoms with van der Waals surface area (Å²) < 4.78 is 14.1. The largest absolute Gasteiger partial charge is 0.319 e. The Bertz CT molecular complexity index is 966. The van der Waals surface area contributed by atoms with Gasteiger partial charge in [0.05, 0.1) is 17.8 Å². The Hall–Kier alpha value is -2.25. The van der Waals surface area contributed by atoms with Gasteiger partial charge in [-0.2, -0.15) is 0 Å². The number of amides is 2. The fourth-order valence-electron chi connectivity index (χ4n) is 4.42. The molecular weight excluding hydrogens is 413 g/mol. The van der Waals surface area contributed by atoms with Crippen LogP contribution in [0.4, 0.5) is 15.1 Å². The summed E-state index contributed by atoms with van der Waals surface area (Å²) in [4.78, 5) is 29.3. The van der Waals surface area contributed by atoms with Crippen LogP contribution in [0.1, 0.15) is 53.9 Å². The van der Waals surface area contributed by atoms with Gasteiger partial charge in [0.1, 0.15) is 10.8 Å². The Balaban J connectivity index is 1.54. The van der Waals surface area contributed by atoms with E-state index >= 15 is 0 Å². The van der Waals surface area contributed by atoms with E-state index in [2.05, 4.69) is 29.4 Å². The van der Waals surface area contributed by atoms with Crippen LogP contribution in [-0.4, -0.2) is 36.3 Å². The summed E-state index contributed by atoms with van der Waals surface area (Å²) in [5.41, 5.74) is 1.64. The lowest BCUT2D eigenvalue weighted by Crippen LogP contribution is -2.38. The summed E-state index contributed by atoms with van der Waals surface area (Å²) in [6, 6.07) is 6.14. The van der Waals surface area contributed by atoms with Crippen LogP contribution in [-0.2, 0) is 17.6 Å². The molecule has 1 aliphatic heterocycles. The van der Waals surface area contributed by atoms with Crippen LogP contribution in [0.2, 0.25) is 0 Å². The monoisotopic (exact) mass is 443 g/mol. The van der Waals surface area contributed by atoms with Crippen molar-refractivity contribution in [1.82, 2.24) is 4.90 Å². The van der Waals surface area contributed by atoms with Crippen molar-refractivity contribution in [3.05, 3.63) is 46.1 Å². The smallest absolute Gasteiger partial charge is 0.259 e. The van der Waals surface area contributed by atoms with Crippen molar-refractivity contribution in [2.45, 2.75) is 46.0 Å². The highest BCUT2D eigenvalue weighted by Crippen LogP contribution is 2.40. The number of carbonyl (C=O) groups is 2. The molecule has 7 heteroatoms. The van der Waals surface area contributed by atoms with Crippen molar-refractivity contribution in [1.29, 1.82) is 0 Å². The predicted molar refractivity (Wildman–Crippen MR) is 123 cm³/mol. The second-order valence-electron chi connectivity index (χ2n) is 9.00. The quantitative estimate of drug-likeness (QED) is 0.688. The number of fused-ring (bicyclic) bond motifs is 1. The highest BCUT2D eigenvalue weighted by Gasteiger charge is 2.29. The third-order valence-electron chi connectivity index (χ3n) is 6.36. The molecule has 166 valence electrons. The maximum Gasteiger partial charge on any atom is 0.259 e. The van der Waals surface area contributed by atoms with Gasteiger partial charge in [0.25, 0.3) is 5.91 Å². The number of nitrogens with zero attached hydrogens (tertiary/aromatic N) is 1. The highest BCUT2D eigenvalue weighted by atomic mass is 32.1. The summed E-state index contributed by atoms with van der Waals surface area (Å²) in [5, 5.41) is 6.30. The van der Waals surface area contributed by atoms with Gasteiger partial charge in [-0.25, -0.2) is 4.39 Å². The third kappa shape index (κ3) is 5.15. The van der Waals surface area contributed by atoms with Gasteiger partial charge in [0.15, 0.2) is 0 Å². The van der Waals surface area contributed by atoms with E-state index in [9.17, 15) is 14.0 Å². The molecule has 0 saturated carbocycles. The number of nitrogens with one attached hydrogen (secondary N) is 2. The SMILES string of the molecule is CC1CCN(CC(=O)Nc2sc3c(c2C(=O)Nc2ccccc2F)CCC(C)C3)CC1. The second kappa shape index (κ2) is 9.49. The van der Waals surface area contributed by atoms with Crippen molar-refractivity contribution in [3.8, 4) is 0 Å². The topological polar surface area (TPSA) is 61.4 Å². The Morgan fingerprint density at radius 3 is 2.58 bits per heavy atom. The minimum absolute atomic E-state index is 0.0962. The van der Waals surface area contributed by atoms with Gasteiger partial charge in [-0.1, -0.05) is 26.0 Å². The van der Waals surface area contributed by atoms with E-state index in [1.54, 1.807) is 18.2 Å². The Labute approximate surface area is 187 Å². The number of benzene rings is 1. The molecular formula is C24H30FN3O2S. The number of piperidine rings is 1. The Morgan fingerprint density at radius 2 is 1.84 bits per heavy atom. The van der Waals surface area contributed by atoms with Crippen LogP contribution in [0.25, 0.3) is 0 Å². The number of para-hydroxylation sites is 1. The summed E-state index contributed by atoms with van der Waals surface area (Å²) in [5.74, 6) is 0.324. The van der Waals surface area contributed by atoms with Gasteiger partial charge >= 0.3 is 0 Å². The van der Waals surface area contributed by atoms with E-state index in [4.69, 9.17) is 0 Å². The van der Waals surface area contributed by atoms with Crippen molar-refractivity contribution in [2.24, 2.45) is 11.8 Å². The van der Waals surface area contributed by atoms with E-state index in [-0.39, 0.29) is 17.5 Å². The molecule has 2 aliphatic rings. The first-order chi connectivity index (χ1) is 14.9. The third-order valence-corrected chi connectivity index (χ3v) is 7.53. The van der Waals surface area contributed by atoms with E-state index in [1.807, 2.05) is 0 Å². The fourth-order valence-corrected chi connectivity index (χ4v) is 5.84. The predicted octanol–water partition coefficient (Wildman–Crippen LogP) is 4.93. The molecule has 1 aromatic heterocycles. The average molecular weight is 444 g/mol. The van der Waals surface area contributed by atoms with Crippen LogP contribution in [0.3, 0.4) is 0 Å². The minimum atomic E-state index is -0.474. The first-order valence-corrected chi connectivity index (χ1v) is 11.9. The molecule has 5 nitrogen and oxygen atoms in total. The van der Waals surface area contributed by atoms with E-state index in [0.717, 1.165) is 55.6 Å². The number of carbonyl (C=O) groups excluding carboxylic acids is 2. The highest BCUT2D eigenvalue weighted by molar-refractivity contribution is 7.17. The van der Waals surface area contributed by atoms with Gasteiger partial charge < -0.3 is 10.6 Å². The molecule has 2 aromatic rings. The average Bonchev–Trinajstić information content (AvgIpc) is 3.08. The lowest BCUT2D eigenvalue weighted by molar-refractivity contribution is -0.117. The van der Waals surface area contributed by atoms with Gasteiger partial charge in [-0.15, -0.1) is 11.3 Å². The Kier molecular flexibility index (Phi) is 6.72. The number of halogens is 1. The van der Waals surface area contributed by atoms with E-state index in [0.29, 0.717) is 28.9 Å². The zero-order chi connectivity index (χ0) is 22.0. The standard InChI is InChI=1S/C24H30FN3O2S/c1-15-9-11-28(12-10-15)14-21(29)27-24-22(17-8-7-16(2)13-20(17)31-24)23(30)26-19-6-4-3-5-18(19)25/h3-6,15-16H,7-14H2,1-2H3,(H,26,30)(H,27,29). The number of hydrogen-bond donors (Lipinski definition) is 2. The molecule has 0 radical (unpaired) electrons. The van der Waals surface area contributed by atoms with Gasteiger partial charge in [0.2, 0.25) is 5.91 Å². The fraction of sp³-hybridized carbons (Fsp3) is 0.500. The van der Waals surface area contributed by atoms with Crippen LogP contribution in [0.5, 0.6) is 0 Å². The number of likely N-dealkylation sites (tertiary alicyclic amines) is 1. The second-order valence-corrected chi connectivity index (χ2v) is 10.1. The lowest BCUT2D eigenvalue weighted by Gasteiger charge is -2.29. The molecule has 4 rings (SSSR count). The van der Waals surface area contributed by atoms with Crippen molar-refractivity contribution >= 4 is 33.8 Å². The molecule has 31 heavy (non-hydrogen) atoms. The van der Waals surface area contributed by atoms with Crippen molar-refractivity contribution in [2.75, 3.05) is 30.3 Å². The van der Waals surface area contributed by atoms with Crippen LogP contribution >= 0.6 is 11.3 Å². The summed E-state index contributed by atoms with van der Waals surface area (Å²) >= 11 is 1.49.